The van der Waals surface area contributed by atoms with Crippen LogP contribution in [0.3, 0.4) is 0 Å². The molecule has 2 aromatic rings. The molecule has 0 aromatic heterocycles. The summed E-state index contributed by atoms with van der Waals surface area (Å²) in [5.41, 5.74) is 2.26. The van der Waals surface area contributed by atoms with E-state index in [1.165, 1.54) is 6.92 Å². The number of anilines is 1. The van der Waals surface area contributed by atoms with Crippen molar-refractivity contribution < 1.29 is 19.1 Å². The summed E-state index contributed by atoms with van der Waals surface area (Å²) >= 11 is 0. The van der Waals surface area contributed by atoms with Crippen molar-refractivity contribution in [3.8, 4) is 5.75 Å². The minimum Gasteiger partial charge on any atom is -0.497 e. The Labute approximate surface area is 158 Å². The number of aryl methyl sites for hydroxylation is 1. The lowest BCUT2D eigenvalue weighted by atomic mass is 10.0. The largest absolute Gasteiger partial charge is 0.497 e. The number of methoxy groups -OCH3 is 1. The topological polar surface area (TPSA) is 96.5 Å². The Bertz CT molecular complexity index is 801. The molecule has 3 amide bonds. The summed E-state index contributed by atoms with van der Waals surface area (Å²) in [6, 6.07) is 13.3. The van der Waals surface area contributed by atoms with Crippen LogP contribution in [0.4, 0.5) is 5.69 Å². The second-order valence-electron chi connectivity index (χ2n) is 6.04. The second kappa shape index (κ2) is 9.38. The van der Waals surface area contributed by atoms with E-state index < -0.39 is 11.9 Å². The van der Waals surface area contributed by atoms with Crippen LogP contribution < -0.4 is 20.7 Å². The maximum absolute atomic E-state index is 12.8. The van der Waals surface area contributed by atoms with Crippen molar-refractivity contribution in [3.05, 3.63) is 59.7 Å². The van der Waals surface area contributed by atoms with Gasteiger partial charge in [-0.1, -0.05) is 29.8 Å². The van der Waals surface area contributed by atoms with Crippen molar-refractivity contribution in [2.75, 3.05) is 19.0 Å². The summed E-state index contributed by atoms with van der Waals surface area (Å²) in [6.07, 6.45) is 0. The van der Waals surface area contributed by atoms with Crippen molar-refractivity contribution in [1.82, 2.24) is 10.6 Å². The molecule has 0 radical (unpaired) electrons. The summed E-state index contributed by atoms with van der Waals surface area (Å²) < 4.78 is 5.10. The predicted octanol–water partition coefficient (Wildman–Crippen LogP) is 1.94. The molecule has 3 N–H and O–H groups in total. The van der Waals surface area contributed by atoms with E-state index in [2.05, 4.69) is 16.0 Å². The quantitative estimate of drug-likeness (QED) is 0.695. The highest BCUT2D eigenvalue weighted by atomic mass is 16.5. The summed E-state index contributed by atoms with van der Waals surface area (Å²) in [5.74, 6) is -0.493. The number of carbonyl (C=O) groups is 3. The maximum atomic E-state index is 12.8. The standard InChI is InChI=1S/C20H23N3O4/c1-13-4-6-15(7-5-13)19(23-18(25)12-21-14(2)24)20(26)22-16-8-10-17(27-3)11-9-16/h4-11,19H,12H2,1-3H3,(H,21,24)(H,22,26)(H,23,25)/t19-/m1/s1. The zero-order valence-corrected chi connectivity index (χ0v) is 15.5. The fourth-order valence-corrected chi connectivity index (χ4v) is 2.36. The third kappa shape index (κ3) is 6.14. The molecule has 7 heteroatoms. The number of carbonyl (C=O) groups excluding carboxylic acids is 3. The van der Waals surface area contributed by atoms with Gasteiger partial charge in [-0.25, -0.2) is 0 Å². The van der Waals surface area contributed by atoms with Gasteiger partial charge in [0.15, 0.2) is 0 Å². The van der Waals surface area contributed by atoms with E-state index in [4.69, 9.17) is 4.74 Å². The lowest BCUT2D eigenvalue weighted by Gasteiger charge is -2.19. The van der Waals surface area contributed by atoms with Crippen molar-refractivity contribution in [2.24, 2.45) is 0 Å². The van der Waals surface area contributed by atoms with Crippen LogP contribution in [0.1, 0.15) is 24.1 Å². The molecule has 7 nitrogen and oxygen atoms in total. The van der Waals surface area contributed by atoms with Gasteiger partial charge in [-0.05, 0) is 36.8 Å². The van der Waals surface area contributed by atoms with Crippen LogP contribution in [0, 0.1) is 6.92 Å². The Morgan fingerprint density at radius 1 is 1.00 bits per heavy atom. The minimum atomic E-state index is -0.894. The Morgan fingerprint density at radius 3 is 2.19 bits per heavy atom. The van der Waals surface area contributed by atoms with Gasteiger partial charge >= 0.3 is 0 Å². The third-order valence-corrected chi connectivity index (χ3v) is 3.83. The van der Waals surface area contributed by atoms with Gasteiger partial charge in [0, 0.05) is 12.6 Å². The van der Waals surface area contributed by atoms with Crippen molar-refractivity contribution in [1.29, 1.82) is 0 Å². The van der Waals surface area contributed by atoms with E-state index in [0.717, 1.165) is 5.56 Å². The molecule has 142 valence electrons. The minimum absolute atomic E-state index is 0.201. The molecule has 0 fully saturated rings. The Hall–Kier alpha value is -3.35. The zero-order chi connectivity index (χ0) is 19.8. The van der Waals surface area contributed by atoms with Crippen molar-refractivity contribution in [2.45, 2.75) is 19.9 Å². The SMILES string of the molecule is COc1ccc(NC(=O)[C@H](NC(=O)CNC(C)=O)c2ccc(C)cc2)cc1. The van der Waals surface area contributed by atoms with E-state index in [-0.39, 0.29) is 18.4 Å². The molecule has 1 atom stereocenters. The average Bonchev–Trinajstić information content (AvgIpc) is 2.66. The van der Waals surface area contributed by atoms with Gasteiger partial charge in [0.2, 0.25) is 11.8 Å². The number of rotatable bonds is 7. The molecule has 0 aliphatic heterocycles. The molecule has 0 bridgehead atoms. The third-order valence-electron chi connectivity index (χ3n) is 3.83. The Balaban J connectivity index is 2.16. The van der Waals surface area contributed by atoms with E-state index in [0.29, 0.717) is 17.0 Å². The number of amides is 3. The molecule has 0 heterocycles. The molecule has 0 aliphatic carbocycles. The highest BCUT2D eigenvalue weighted by Crippen LogP contribution is 2.19. The van der Waals surface area contributed by atoms with Gasteiger partial charge in [-0.3, -0.25) is 14.4 Å². The number of hydrogen-bond donors (Lipinski definition) is 3. The molecule has 0 spiro atoms. The van der Waals surface area contributed by atoms with Gasteiger partial charge in [-0.2, -0.15) is 0 Å². The van der Waals surface area contributed by atoms with Gasteiger partial charge in [0.05, 0.1) is 13.7 Å². The summed E-state index contributed by atoms with van der Waals surface area (Å²) in [6.45, 7) is 3.06. The molecule has 0 aliphatic rings. The number of benzene rings is 2. The molecular formula is C20H23N3O4. The molecule has 2 rings (SSSR count). The van der Waals surface area contributed by atoms with Crippen LogP contribution in [0.15, 0.2) is 48.5 Å². The Kier molecular flexibility index (Phi) is 6.93. The van der Waals surface area contributed by atoms with E-state index in [1.807, 2.05) is 19.1 Å². The first kappa shape index (κ1) is 20.0. The molecule has 2 aromatic carbocycles. The highest BCUT2D eigenvalue weighted by molar-refractivity contribution is 5.98. The summed E-state index contributed by atoms with van der Waals surface area (Å²) in [4.78, 5) is 35.9. The van der Waals surface area contributed by atoms with Crippen molar-refractivity contribution >= 4 is 23.4 Å². The Morgan fingerprint density at radius 2 is 1.63 bits per heavy atom. The van der Waals surface area contributed by atoms with Crippen LogP contribution in [-0.2, 0) is 14.4 Å². The molecule has 27 heavy (non-hydrogen) atoms. The van der Waals surface area contributed by atoms with Gasteiger partial charge in [0.25, 0.3) is 5.91 Å². The monoisotopic (exact) mass is 369 g/mol. The van der Waals surface area contributed by atoms with E-state index in [1.54, 1.807) is 43.5 Å². The van der Waals surface area contributed by atoms with E-state index >= 15 is 0 Å². The van der Waals surface area contributed by atoms with Crippen LogP contribution in [0.5, 0.6) is 5.75 Å². The maximum Gasteiger partial charge on any atom is 0.251 e. The summed E-state index contributed by atoms with van der Waals surface area (Å²) in [5, 5.41) is 7.86. The van der Waals surface area contributed by atoms with Crippen LogP contribution in [0.25, 0.3) is 0 Å². The van der Waals surface area contributed by atoms with Crippen LogP contribution >= 0.6 is 0 Å². The lowest BCUT2D eigenvalue weighted by Crippen LogP contribution is -2.42. The van der Waals surface area contributed by atoms with Crippen LogP contribution in [0.2, 0.25) is 0 Å². The number of nitrogens with one attached hydrogen (secondary N) is 3. The van der Waals surface area contributed by atoms with Gasteiger partial charge in [0.1, 0.15) is 11.8 Å². The first-order valence-electron chi connectivity index (χ1n) is 8.44. The van der Waals surface area contributed by atoms with Gasteiger partial charge < -0.3 is 20.7 Å². The number of ether oxygens (including phenoxy) is 1. The predicted molar refractivity (Wildman–Crippen MR) is 102 cm³/mol. The fourth-order valence-electron chi connectivity index (χ4n) is 2.36. The second-order valence-corrected chi connectivity index (χ2v) is 6.04. The van der Waals surface area contributed by atoms with Crippen molar-refractivity contribution in [3.63, 3.8) is 0 Å². The molecular weight excluding hydrogens is 346 g/mol. The average molecular weight is 369 g/mol. The lowest BCUT2D eigenvalue weighted by molar-refractivity contribution is -0.127. The van der Waals surface area contributed by atoms with Gasteiger partial charge in [-0.15, -0.1) is 0 Å². The summed E-state index contributed by atoms with van der Waals surface area (Å²) in [7, 11) is 1.56. The van der Waals surface area contributed by atoms with Crippen LogP contribution in [-0.4, -0.2) is 31.4 Å². The fraction of sp³-hybridized carbons (Fsp3) is 0.250. The number of hydrogen-bond acceptors (Lipinski definition) is 4. The molecule has 0 unspecified atom stereocenters. The first-order chi connectivity index (χ1) is 12.9. The molecule has 0 saturated carbocycles. The van der Waals surface area contributed by atoms with E-state index in [9.17, 15) is 14.4 Å². The highest BCUT2D eigenvalue weighted by Gasteiger charge is 2.23. The normalized spacial score (nSPS) is 11.2. The smallest absolute Gasteiger partial charge is 0.251 e. The molecule has 0 saturated heterocycles. The first-order valence-corrected chi connectivity index (χ1v) is 8.44. The zero-order valence-electron chi connectivity index (χ0n) is 15.5.